The van der Waals surface area contributed by atoms with Gasteiger partial charge in [-0.1, -0.05) is 6.92 Å². The molecule has 0 heterocycles. The van der Waals surface area contributed by atoms with Crippen LogP contribution in [0.3, 0.4) is 0 Å². The zero-order valence-electron chi connectivity index (χ0n) is 10.9. The van der Waals surface area contributed by atoms with E-state index in [-0.39, 0.29) is 17.3 Å². The molecule has 3 N–H and O–H groups in total. The molecule has 0 aliphatic rings. The summed E-state index contributed by atoms with van der Waals surface area (Å²) in [5.74, 6) is -0.849. The van der Waals surface area contributed by atoms with Crippen molar-refractivity contribution in [1.29, 1.82) is 0 Å². The van der Waals surface area contributed by atoms with Crippen LogP contribution in [-0.4, -0.2) is 43.9 Å². The summed E-state index contributed by atoms with van der Waals surface area (Å²) in [6, 6.07) is 4.82. The molecule has 0 aromatic heterocycles. The number of aliphatic hydroxyl groups is 1. The van der Waals surface area contributed by atoms with Gasteiger partial charge in [-0.3, -0.25) is 0 Å². The molecule has 0 radical (unpaired) electrons. The average molecular weight is 303 g/mol. The lowest BCUT2D eigenvalue weighted by atomic mass is 10.3. The smallest absolute Gasteiger partial charge is 0.341 e. The number of carboxylic acid groups (broad SMARTS) is 1. The topological polar surface area (TPSA) is 113 Å². The SMILES string of the molecule is CC[C@H](CO)NS(=O)(=O)c1ccc(OCC(=O)O)cc1. The predicted octanol–water partition coefficient (Wildman–Crippen LogP) is 0.199. The monoisotopic (exact) mass is 303 g/mol. The van der Waals surface area contributed by atoms with E-state index in [1.165, 1.54) is 24.3 Å². The first-order valence-electron chi connectivity index (χ1n) is 5.97. The quantitative estimate of drug-likeness (QED) is 0.632. The molecule has 0 saturated carbocycles. The molecule has 0 spiro atoms. The third-order valence-electron chi connectivity index (χ3n) is 2.53. The zero-order chi connectivity index (χ0) is 15.2. The highest BCUT2D eigenvalue weighted by atomic mass is 32.2. The number of aliphatic carboxylic acids is 1. The summed E-state index contributed by atoms with van der Waals surface area (Å²) in [7, 11) is -3.71. The number of ether oxygens (including phenoxy) is 1. The van der Waals surface area contributed by atoms with Gasteiger partial charge >= 0.3 is 5.97 Å². The number of sulfonamides is 1. The molecule has 7 nitrogen and oxygen atoms in total. The number of rotatable bonds is 8. The molecule has 1 aromatic rings. The molecule has 20 heavy (non-hydrogen) atoms. The van der Waals surface area contributed by atoms with Crippen LogP contribution in [0.2, 0.25) is 0 Å². The number of aliphatic hydroxyl groups excluding tert-OH is 1. The highest BCUT2D eigenvalue weighted by molar-refractivity contribution is 7.89. The van der Waals surface area contributed by atoms with E-state index < -0.39 is 28.6 Å². The van der Waals surface area contributed by atoms with Crippen molar-refractivity contribution < 1.29 is 28.2 Å². The number of benzene rings is 1. The maximum Gasteiger partial charge on any atom is 0.341 e. The number of nitrogens with one attached hydrogen (secondary N) is 1. The Kier molecular flexibility index (Phi) is 5.93. The first kappa shape index (κ1) is 16.4. The first-order valence-corrected chi connectivity index (χ1v) is 7.45. The fourth-order valence-corrected chi connectivity index (χ4v) is 2.71. The van der Waals surface area contributed by atoms with Gasteiger partial charge < -0.3 is 14.9 Å². The van der Waals surface area contributed by atoms with Gasteiger partial charge in [0.1, 0.15) is 5.75 Å². The summed E-state index contributed by atoms with van der Waals surface area (Å²) in [4.78, 5) is 10.4. The zero-order valence-corrected chi connectivity index (χ0v) is 11.8. The maximum absolute atomic E-state index is 12.0. The Hall–Kier alpha value is -1.64. The number of hydrogen-bond acceptors (Lipinski definition) is 5. The molecule has 0 saturated heterocycles. The molecule has 1 rings (SSSR count). The van der Waals surface area contributed by atoms with Crippen LogP contribution in [0.5, 0.6) is 5.75 Å². The van der Waals surface area contributed by atoms with Crippen LogP contribution in [0.15, 0.2) is 29.2 Å². The third-order valence-corrected chi connectivity index (χ3v) is 4.07. The van der Waals surface area contributed by atoms with Crippen molar-refractivity contribution in [1.82, 2.24) is 4.72 Å². The number of hydrogen-bond donors (Lipinski definition) is 3. The van der Waals surface area contributed by atoms with Crippen LogP contribution in [0.25, 0.3) is 0 Å². The van der Waals surface area contributed by atoms with E-state index in [1.54, 1.807) is 6.92 Å². The Labute approximate surface area is 117 Å². The van der Waals surface area contributed by atoms with Gasteiger partial charge in [0.2, 0.25) is 10.0 Å². The van der Waals surface area contributed by atoms with Crippen LogP contribution >= 0.6 is 0 Å². The maximum atomic E-state index is 12.0. The van der Waals surface area contributed by atoms with Crippen molar-refractivity contribution in [3.8, 4) is 5.75 Å². The van der Waals surface area contributed by atoms with Crippen molar-refractivity contribution in [3.05, 3.63) is 24.3 Å². The summed E-state index contributed by atoms with van der Waals surface area (Å²) in [6.45, 7) is 0.981. The highest BCUT2D eigenvalue weighted by Gasteiger charge is 2.18. The molecule has 0 unspecified atom stereocenters. The van der Waals surface area contributed by atoms with E-state index >= 15 is 0 Å². The summed E-state index contributed by atoms with van der Waals surface area (Å²) in [6.07, 6.45) is 0.468. The van der Waals surface area contributed by atoms with Crippen LogP contribution in [0.4, 0.5) is 0 Å². The first-order chi connectivity index (χ1) is 9.39. The van der Waals surface area contributed by atoms with Gasteiger partial charge in [-0.25, -0.2) is 17.9 Å². The number of carboxylic acids is 1. The second kappa shape index (κ2) is 7.22. The van der Waals surface area contributed by atoms with E-state index in [2.05, 4.69) is 4.72 Å². The summed E-state index contributed by atoms with van der Waals surface area (Å²) < 4.78 is 31.2. The molecule has 0 bridgehead atoms. The predicted molar refractivity (Wildman–Crippen MR) is 71.1 cm³/mol. The molecular weight excluding hydrogens is 286 g/mol. The average Bonchev–Trinajstić information content (AvgIpc) is 2.43. The lowest BCUT2D eigenvalue weighted by molar-refractivity contribution is -0.139. The molecule has 0 amide bonds. The second-order valence-corrected chi connectivity index (χ2v) is 5.78. The van der Waals surface area contributed by atoms with Crippen molar-refractivity contribution in [2.75, 3.05) is 13.2 Å². The van der Waals surface area contributed by atoms with Crippen LogP contribution < -0.4 is 9.46 Å². The Morgan fingerprint density at radius 3 is 2.40 bits per heavy atom. The lowest BCUT2D eigenvalue weighted by Gasteiger charge is -2.14. The largest absolute Gasteiger partial charge is 0.482 e. The molecule has 8 heteroatoms. The van der Waals surface area contributed by atoms with Gasteiger partial charge in [-0.05, 0) is 30.7 Å². The summed E-state index contributed by atoms with van der Waals surface area (Å²) in [5, 5.41) is 17.5. The highest BCUT2D eigenvalue weighted by Crippen LogP contribution is 2.16. The van der Waals surface area contributed by atoms with Crippen molar-refractivity contribution >= 4 is 16.0 Å². The van der Waals surface area contributed by atoms with E-state index in [9.17, 15) is 13.2 Å². The molecule has 1 atom stereocenters. The minimum absolute atomic E-state index is 0.0204. The Balaban J connectivity index is 2.78. The molecule has 0 aliphatic heterocycles. The Bertz CT molecular complexity index is 536. The van der Waals surface area contributed by atoms with Gasteiger partial charge in [-0.15, -0.1) is 0 Å². The second-order valence-electron chi connectivity index (χ2n) is 4.06. The number of carbonyl (C=O) groups is 1. The van der Waals surface area contributed by atoms with E-state index in [1.807, 2.05) is 0 Å². The fourth-order valence-electron chi connectivity index (χ4n) is 1.40. The Morgan fingerprint density at radius 1 is 1.35 bits per heavy atom. The van der Waals surface area contributed by atoms with Crippen LogP contribution in [0, 0.1) is 0 Å². The fraction of sp³-hybridized carbons (Fsp3) is 0.417. The molecular formula is C12H17NO6S. The van der Waals surface area contributed by atoms with Gasteiger partial charge in [0.15, 0.2) is 6.61 Å². The van der Waals surface area contributed by atoms with Crippen molar-refractivity contribution in [2.24, 2.45) is 0 Å². The van der Waals surface area contributed by atoms with Crippen LogP contribution in [-0.2, 0) is 14.8 Å². The van der Waals surface area contributed by atoms with Gasteiger partial charge in [0.05, 0.1) is 11.5 Å². The summed E-state index contributed by atoms with van der Waals surface area (Å²) >= 11 is 0. The minimum atomic E-state index is -3.71. The standard InChI is InChI=1S/C12H17NO6S/c1-2-9(7-14)13-20(17,18)11-5-3-10(4-6-11)19-8-12(15)16/h3-6,9,13-14H,2,7-8H2,1H3,(H,15,16)/t9-/m1/s1. The van der Waals surface area contributed by atoms with Crippen molar-refractivity contribution in [3.63, 3.8) is 0 Å². The lowest BCUT2D eigenvalue weighted by Crippen LogP contribution is -2.36. The normalized spacial score (nSPS) is 12.9. The Morgan fingerprint density at radius 2 is 1.95 bits per heavy atom. The molecule has 0 fully saturated rings. The third kappa shape index (κ3) is 4.80. The van der Waals surface area contributed by atoms with E-state index in [0.29, 0.717) is 6.42 Å². The molecule has 0 aliphatic carbocycles. The van der Waals surface area contributed by atoms with Crippen LogP contribution in [0.1, 0.15) is 13.3 Å². The van der Waals surface area contributed by atoms with E-state index in [0.717, 1.165) is 0 Å². The molecule has 112 valence electrons. The molecule has 1 aromatic carbocycles. The van der Waals surface area contributed by atoms with Gasteiger partial charge in [0, 0.05) is 6.04 Å². The van der Waals surface area contributed by atoms with E-state index in [4.69, 9.17) is 14.9 Å². The van der Waals surface area contributed by atoms with Gasteiger partial charge in [0.25, 0.3) is 0 Å². The summed E-state index contributed by atoms with van der Waals surface area (Å²) in [5.41, 5.74) is 0. The minimum Gasteiger partial charge on any atom is -0.482 e. The van der Waals surface area contributed by atoms with Crippen molar-refractivity contribution in [2.45, 2.75) is 24.3 Å². The van der Waals surface area contributed by atoms with Gasteiger partial charge in [-0.2, -0.15) is 0 Å².